The monoisotopic (exact) mass is 531 g/mol. The fraction of sp³-hybridized carbons (Fsp3) is 0.467. The van der Waals surface area contributed by atoms with Crippen LogP contribution in [0.4, 0.5) is 23.0 Å². The molecule has 1 amide bonds. The molecule has 0 spiro atoms. The summed E-state index contributed by atoms with van der Waals surface area (Å²) in [5.74, 6) is 0.390. The molecule has 1 N–H and O–H groups in total. The van der Waals surface area contributed by atoms with Crippen LogP contribution >= 0.6 is 0 Å². The number of nitrogens with zero attached hydrogens (tertiary/aromatic N) is 6. The molecule has 0 aliphatic carbocycles. The standard InChI is InChI=1S/C30H41N7O2/c1-7-10-15-31-30-32-19-22-18-25(29(39)37(28(22)33-30)23(12-8-2)20-34(5)6)35-16-17-36(26(38)9-3)27-21(4)13-11-14-24(27)35/h9,11,13-14,18-19,23H,3,7-8,10,12,15-17,20H2,1-2,4-6H3,(H,31,32,33). The van der Waals surface area contributed by atoms with E-state index in [2.05, 4.69) is 35.6 Å². The minimum absolute atomic E-state index is 0.0565. The molecule has 3 heterocycles. The molecule has 4 rings (SSSR count). The lowest BCUT2D eigenvalue weighted by molar-refractivity contribution is -0.114. The molecular weight excluding hydrogens is 490 g/mol. The minimum Gasteiger partial charge on any atom is -0.354 e. The summed E-state index contributed by atoms with van der Waals surface area (Å²) in [4.78, 5) is 42.5. The minimum atomic E-state index is -0.147. The van der Waals surface area contributed by atoms with E-state index in [0.29, 0.717) is 36.9 Å². The molecule has 1 unspecified atom stereocenters. The smallest absolute Gasteiger partial charge is 0.276 e. The number of nitrogens with one attached hydrogen (secondary N) is 1. The number of amides is 1. The molecule has 0 saturated heterocycles. The fourth-order valence-electron chi connectivity index (χ4n) is 5.38. The van der Waals surface area contributed by atoms with Gasteiger partial charge in [-0.15, -0.1) is 0 Å². The Hall–Kier alpha value is -3.72. The number of aryl methyl sites for hydroxylation is 1. The number of anilines is 4. The van der Waals surface area contributed by atoms with Crippen LogP contribution in [0.15, 0.2) is 47.9 Å². The summed E-state index contributed by atoms with van der Waals surface area (Å²) in [6, 6.07) is 7.77. The Labute approximate surface area is 231 Å². The number of pyridine rings is 1. The first-order valence-corrected chi connectivity index (χ1v) is 13.9. The Morgan fingerprint density at radius 2 is 2.00 bits per heavy atom. The SMILES string of the molecule is C=CC(=O)N1CCN(c2cc3cnc(NCCCC)nc3n(C(CCC)CN(C)C)c2=O)c2cccc(C)c21. The van der Waals surface area contributed by atoms with Gasteiger partial charge in [-0.2, -0.15) is 4.98 Å². The summed E-state index contributed by atoms with van der Waals surface area (Å²) in [5, 5.41) is 4.12. The van der Waals surface area contributed by atoms with Gasteiger partial charge < -0.3 is 20.0 Å². The Balaban J connectivity index is 1.93. The van der Waals surface area contributed by atoms with Gasteiger partial charge >= 0.3 is 0 Å². The molecule has 39 heavy (non-hydrogen) atoms. The molecule has 1 aliphatic rings. The van der Waals surface area contributed by atoms with Gasteiger partial charge in [0, 0.05) is 37.8 Å². The van der Waals surface area contributed by atoms with E-state index in [1.807, 2.05) is 60.9 Å². The molecule has 9 nitrogen and oxygen atoms in total. The third-order valence-electron chi connectivity index (χ3n) is 7.19. The molecule has 3 aromatic rings. The van der Waals surface area contributed by atoms with Crippen molar-refractivity contribution >= 4 is 40.0 Å². The Morgan fingerprint density at radius 1 is 1.21 bits per heavy atom. The van der Waals surface area contributed by atoms with E-state index < -0.39 is 0 Å². The highest BCUT2D eigenvalue weighted by molar-refractivity contribution is 6.05. The molecule has 0 radical (unpaired) electrons. The number of rotatable bonds is 11. The van der Waals surface area contributed by atoms with Crippen LogP contribution in [0.2, 0.25) is 0 Å². The van der Waals surface area contributed by atoms with Gasteiger partial charge in [-0.05, 0) is 57.6 Å². The average molecular weight is 532 g/mol. The van der Waals surface area contributed by atoms with Crippen LogP contribution in [-0.4, -0.2) is 65.6 Å². The summed E-state index contributed by atoms with van der Waals surface area (Å²) in [6.07, 6.45) is 7.02. The molecule has 208 valence electrons. The zero-order chi connectivity index (χ0) is 28.1. The van der Waals surface area contributed by atoms with Crippen LogP contribution in [0.1, 0.15) is 51.1 Å². The number of likely N-dealkylation sites (N-methyl/N-ethyl adjacent to an activating group) is 1. The maximum atomic E-state index is 14.4. The van der Waals surface area contributed by atoms with Gasteiger partial charge in [-0.3, -0.25) is 14.2 Å². The van der Waals surface area contributed by atoms with E-state index >= 15 is 0 Å². The first-order valence-electron chi connectivity index (χ1n) is 13.9. The van der Waals surface area contributed by atoms with Gasteiger partial charge in [0.05, 0.1) is 17.4 Å². The summed E-state index contributed by atoms with van der Waals surface area (Å²) in [7, 11) is 4.06. The predicted octanol–water partition coefficient (Wildman–Crippen LogP) is 4.89. The number of para-hydroxylation sites is 1. The molecule has 1 aromatic carbocycles. The largest absolute Gasteiger partial charge is 0.354 e. The number of fused-ring (bicyclic) bond motifs is 2. The van der Waals surface area contributed by atoms with E-state index in [-0.39, 0.29) is 17.5 Å². The summed E-state index contributed by atoms with van der Waals surface area (Å²) >= 11 is 0. The van der Waals surface area contributed by atoms with Crippen molar-refractivity contribution in [1.29, 1.82) is 0 Å². The Kier molecular flexibility index (Phi) is 9.01. The van der Waals surface area contributed by atoms with Crippen molar-refractivity contribution in [2.24, 2.45) is 0 Å². The second kappa shape index (κ2) is 12.4. The number of hydrogen-bond acceptors (Lipinski definition) is 7. The van der Waals surface area contributed by atoms with Crippen molar-refractivity contribution in [3.05, 3.63) is 59.0 Å². The number of carbonyl (C=O) groups excluding carboxylic acids is 1. The number of benzene rings is 1. The zero-order valence-corrected chi connectivity index (χ0v) is 23.9. The van der Waals surface area contributed by atoms with E-state index in [4.69, 9.17) is 4.98 Å². The lowest BCUT2D eigenvalue weighted by atomic mass is 10.1. The average Bonchev–Trinajstić information content (AvgIpc) is 2.92. The van der Waals surface area contributed by atoms with Gasteiger partial charge in [0.25, 0.3) is 11.5 Å². The van der Waals surface area contributed by atoms with Crippen molar-refractivity contribution in [3.8, 4) is 0 Å². The second-order valence-electron chi connectivity index (χ2n) is 10.5. The fourth-order valence-corrected chi connectivity index (χ4v) is 5.38. The molecule has 0 saturated carbocycles. The van der Waals surface area contributed by atoms with Crippen LogP contribution in [0.3, 0.4) is 0 Å². The lowest BCUT2D eigenvalue weighted by Crippen LogP contribution is -2.44. The second-order valence-corrected chi connectivity index (χ2v) is 10.5. The van der Waals surface area contributed by atoms with Gasteiger partial charge in [0.1, 0.15) is 11.3 Å². The third-order valence-corrected chi connectivity index (χ3v) is 7.19. The van der Waals surface area contributed by atoms with E-state index in [0.717, 1.165) is 54.6 Å². The van der Waals surface area contributed by atoms with Crippen LogP contribution < -0.4 is 20.7 Å². The first kappa shape index (κ1) is 28.3. The van der Waals surface area contributed by atoms with E-state index in [1.165, 1.54) is 6.08 Å². The maximum Gasteiger partial charge on any atom is 0.276 e. The van der Waals surface area contributed by atoms with Crippen LogP contribution in [0, 0.1) is 6.92 Å². The molecule has 9 heteroatoms. The van der Waals surface area contributed by atoms with Crippen LogP contribution in [0.25, 0.3) is 11.0 Å². The summed E-state index contributed by atoms with van der Waals surface area (Å²) in [6.45, 7) is 12.4. The predicted molar refractivity (Wildman–Crippen MR) is 160 cm³/mol. The molecule has 0 fully saturated rings. The molecular formula is C30H41N7O2. The normalized spacial score (nSPS) is 14.0. The molecule has 1 aliphatic heterocycles. The quantitative estimate of drug-likeness (QED) is 0.279. The Bertz CT molecular complexity index is 1400. The van der Waals surface area contributed by atoms with Crippen LogP contribution in [0.5, 0.6) is 0 Å². The van der Waals surface area contributed by atoms with Crippen molar-refractivity contribution in [3.63, 3.8) is 0 Å². The lowest BCUT2D eigenvalue weighted by Gasteiger charge is -2.38. The summed E-state index contributed by atoms with van der Waals surface area (Å²) in [5.41, 5.74) is 3.73. The van der Waals surface area contributed by atoms with Crippen molar-refractivity contribution in [1.82, 2.24) is 19.4 Å². The molecule has 1 atom stereocenters. The highest BCUT2D eigenvalue weighted by atomic mass is 16.2. The third kappa shape index (κ3) is 5.83. The number of unbranched alkanes of at least 4 members (excludes halogenated alkanes) is 1. The highest BCUT2D eigenvalue weighted by Gasteiger charge is 2.31. The number of aromatic nitrogens is 3. The number of carbonyl (C=O) groups is 1. The number of hydrogen-bond donors (Lipinski definition) is 1. The van der Waals surface area contributed by atoms with Gasteiger partial charge in [-0.25, -0.2) is 4.98 Å². The van der Waals surface area contributed by atoms with E-state index in [9.17, 15) is 9.59 Å². The molecule has 2 aromatic heterocycles. The van der Waals surface area contributed by atoms with Gasteiger partial charge in [0.2, 0.25) is 5.95 Å². The van der Waals surface area contributed by atoms with Gasteiger partial charge in [-0.1, -0.05) is 45.4 Å². The Morgan fingerprint density at radius 3 is 2.69 bits per heavy atom. The topological polar surface area (TPSA) is 86.6 Å². The van der Waals surface area contributed by atoms with Crippen molar-refractivity contribution < 1.29 is 4.79 Å². The summed E-state index contributed by atoms with van der Waals surface area (Å²) < 4.78 is 1.87. The molecule has 0 bridgehead atoms. The maximum absolute atomic E-state index is 14.4. The highest BCUT2D eigenvalue weighted by Crippen LogP contribution is 2.40. The first-order chi connectivity index (χ1) is 18.8. The van der Waals surface area contributed by atoms with Crippen molar-refractivity contribution in [2.45, 2.75) is 52.5 Å². The van der Waals surface area contributed by atoms with Gasteiger partial charge in [0.15, 0.2) is 0 Å². The van der Waals surface area contributed by atoms with Crippen LogP contribution in [-0.2, 0) is 4.79 Å². The zero-order valence-electron chi connectivity index (χ0n) is 23.9. The van der Waals surface area contributed by atoms with E-state index in [1.54, 1.807) is 4.90 Å². The van der Waals surface area contributed by atoms with Crippen molar-refractivity contribution in [2.75, 3.05) is 55.4 Å².